The zero-order chi connectivity index (χ0) is 17.9. The Bertz CT molecular complexity index is 1060. The van der Waals surface area contributed by atoms with Gasteiger partial charge in [0.2, 0.25) is 5.91 Å². The summed E-state index contributed by atoms with van der Waals surface area (Å²) < 4.78 is 14.9. The van der Waals surface area contributed by atoms with Crippen LogP contribution in [0.2, 0.25) is 0 Å². The number of pyridine rings is 1. The Morgan fingerprint density at radius 2 is 2.08 bits per heavy atom. The van der Waals surface area contributed by atoms with Gasteiger partial charge in [-0.15, -0.1) is 11.3 Å². The fourth-order valence-electron chi connectivity index (χ4n) is 2.40. The van der Waals surface area contributed by atoms with Crippen molar-refractivity contribution < 1.29 is 9.18 Å². The van der Waals surface area contributed by atoms with Gasteiger partial charge in [-0.3, -0.25) is 9.20 Å². The molecular formula is C18H13FN4OS2. The van der Waals surface area contributed by atoms with Crippen molar-refractivity contribution in [3.8, 4) is 11.3 Å². The Balaban J connectivity index is 1.38. The summed E-state index contributed by atoms with van der Waals surface area (Å²) >= 11 is 2.70. The van der Waals surface area contributed by atoms with Crippen LogP contribution in [0.1, 0.15) is 0 Å². The standard InChI is InChI=1S/C18H13FN4OS2/c19-13-6-4-12(5-7-13)15-10-25-17(21-15)22-16(24)11-26-18-20-9-14-3-1-2-8-23(14)18/h1-10H,11H2,(H,21,22,24). The summed E-state index contributed by atoms with van der Waals surface area (Å²) in [5, 5.41) is 5.90. The summed E-state index contributed by atoms with van der Waals surface area (Å²) in [6, 6.07) is 11.9. The number of anilines is 1. The molecule has 1 N–H and O–H groups in total. The van der Waals surface area contributed by atoms with Crippen LogP contribution >= 0.6 is 23.1 Å². The van der Waals surface area contributed by atoms with E-state index in [2.05, 4.69) is 15.3 Å². The lowest BCUT2D eigenvalue weighted by Gasteiger charge is -2.02. The molecule has 0 aliphatic rings. The molecule has 0 atom stereocenters. The first-order chi connectivity index (χ1) is 12.7. The van der Waals surface area contributed by atoms with Gasteiger partial charge in [0.25, 0.3) is 0 Å². The molecule has 26 heavy (non-hydrogen) atoms. The number of halogens is 1. The number of hydrogen-bond donors (Lipinski definition) is 1. The van der Waals surface area contributed by atoms with Gasteiger partial charge in [-0.1, -0.05) is 17.8 Å². The third-order valence-corrected chi connectivity index (χ3v) is 5.35. The van der Waals surface area contributed by atoms with E-state index in [1.54, 1.807) is 18.3 Å². The topological polar surface area (TPSA) is 59.3 Å². The molecule has 1 aromatic carbocycles. The number of carbonyl (C=O) groups excluding carboxylic acids is 1. The van der Waals surface area contributed by atoms with Gasteiger partial charge in [-0.2, -0.15) is 0 Å². The minimum atomic E-state index is -0.291. The van der Waals surface area contributed by atoms with Crippen molar-refractivity contribution in [3.63, 3.8) is 0 Å². The normalized spacial score (nSPS) is 11.0. The van der Waals surface area contributed by atoms with E-state index in [9.17, 15) is 9.18 Å². The van der Waals surface area contributed by atoms with Crippen LogP contribution in [-0.4, -0.2) is 26.0 Å². The predicted molar refractivity (Wildman–Crippen MR) is 102 cm³/mol. The van der Waals surface area contributed by atoms with Crippen LogP contribution in [-0.2, 0) is 4.79 Å². The molecule has 130 valence electrons. The molecule has 0 fully saturated rings. The van der Waals surface area contributed by atoms with Crippen molar-refractivity contribution in [2.24, 2.45) is 0 Å². The Morgan fingerprint density at radius 3 is 2.92 bits per heavy atom. The Kier molecular flexibility index (Phi) is 4.68. The minimum Gasteiger partial charge on any atom is -0.301 e. The molecule has 3 heterocycles. The molecule has 0 radical (unpaired) electrons. The highest BCUT2D eigenvalue weighted by Crippen LogP contribution is 2.25. The first-order valence-corrected chi connectivity index (χ1v) is 9.62. The van der Waals surface area contributed by atoms with E-state index in [1.807, 2.05) is 34.2 Å². The average Bonchev–Trinajstić information content (AvgIpc) is 3.28. The van der Waals surface area contributed by atoms with E-state index in [0.29, 0.717) is 10.8 Å². The molecule has 4 aromatic rings. The number of benzene rings is 1. The summed E-state index contributed by atoms with van der Waals surface area (Å²) in [7, 11) is 0. The van der Waals surface area contributed by atoms with Crippen molar-refractivity contribution in [1.82, 2.24) is 14.4 Å². The van der Waals surface area contributed by atoms with E-state index in [0.717, 1.165) is 16.2 Å². The van der Waals surface area contributed by atoms with E-state index in [-0.39, 0.29) is 17.5 Å². The number of nitrogens with one attached hydrogen (secondary N) is 1. The number of rotatable bonds is 5. The number of hydrogen-bond acceptors (Lipinski definition) is 5. The van der Waals surface area contributed by atoms with Gasteiger partial charge in [-0.25, -0.2) is 14.4 Å². The number of thiazole rings is 1. The third-order valence-electron chi connectivity index (χ3n) is 3.63. The van der Waals surface area contributed by atoms with Gasteiger partial charge >= 0.3 is 0 Å². The molecule has 0 saturated carbocycles. The molecule has 5 nitrogen and oxygen atoms in total. The van der Waals surface area contributed by atoms with Gasteiger partial charge in [-0.05, 0) is 36.4 Å². The van der Waals surface area contributed by atoms with Crippen LogP contribution in [0, 0.1) is 5.82 Å². The van der Waals surface area contributed by atoms with E-state index < -0.39 is 0 Å². The van der Waals surface area contributed by atoms with Gasteiger partial charge in [0.05, 0.1) is 23.2 Å². The molecule has 0 unspecified atom stereocenters. The monoisotopic (exact) mass is 384 g/mol. The number of imidazole rings is 1. The highest BCUT2D eigenvalue weighted by atomic mass is 32.2. The first-order valence-electron chi connectivity index (χ1n) is 7.75. The van der Waals surface area contributed by atoms with Crippen molar-refractivity contribution in [3.05, 3.63) is 66.1 Å². The quantitative estimate of drug-likeness (QED) is 0.521. The van der Waals surface area contributed by atoms with Crippen LogP contribution in [0.15, 0.2) is 65.4 Å². The Hall–Kier alpha value is -2.71. The van der Waals surface area contributed by atoms with Gasteiger partial charge in [0, 0.05) is 17.1 Å². The van der Waals surface area contributed by atoms with E-state index in [4.69, 9.17) is 0 Å². The second kappa shape index (κ2) is 7.27. The van der Waals surface area contributed by atoms with Crippen molar-refractivity contribution in [2.45, 2.75) is 5.16 Å². The average molecular weight is 384 g/mol. The van der Waals surface area contributed by atoms with E-state index in [1.165, 1.54) is 35.2 Å². The molecule has 3 aromatic heterocycles. The fourth-order valence-corrected chi connectivity index (χ4v) is 3.90. The molecule has 0 aliphatic heterocycles. The molecule has 8 heteroatoms. The molecule has 1 amide bonds. The highest BCUT2D eigenvalue weighted by Gasteiger charge is 2.11. The van der Waals surface area contributed by atoms with Crippen molar-refractivity contribution in [1.29, 1.82) is 0 Å². The van der Waals surface area contributed by atoms with Gasteiger partial charge in [0.1, 0.15) is 5.82 Å². The summed E-state index contributed by atoms with van der Waals surface area (Å²) in [6.45, 7) is 0. The first kappa shape index (κ1) is 16.7. The lowest BCUT2D eigenvalue weighted by Crippen LogP contribution is -2.14. The molecule has 0 aliphatic carbocycles. The molecule has 4 rings (SSSR count). The van der Waals surface area contributed by atoms with Crippen LogP contribution < -0.4 is 5.32 Å². The number of thioether (sulfide) groups is 1. The maximum absolute atomic E-state index is 13.0. The van der Waals surface area contributed by atoms with E-state index >= 15 is 0 Å². The van der Waals surface area contributed by atoms with Gasteiger partial charge in [0.15, 0.2) is 10.3 Å². The van der Waals surface area contributed by atoms with Gasteiger partial charge < -0.3 is 5.32 Å². The fraction of sp³-hybridized carbons (Fsp3) is 0.0556. The van der Waals surface area contributed by atoms with Crippen molar-refractivity contribution in [2.75, 3.05) is 11.1 Å². The lowest BCUT2D eigenvalue weighted by molar-refractivity contribution is -0.113. The summed E-state index contributed by atoms with van der Waals surface area (Å²) in [5.41, 5.74) is 2.50. The molecule has 0 bridgehead atoms. The van der Waals surface area contributed by atoms with Crippen LogP contribution in [0.25, 0.3) is 16.8 Å². The SMILES string of the molecule is O=C(CSc1ncc2ccccn12)Nc1nc(-c2ccc(F)cc2)cs1. The second-order valence-electron chi connectivity index (χ2n) is 5.42. The minimum absolute atomic E-state index is 0.150. The highest BCUT2D eigenvalue weighted by molar-refractivity contribution is 7.99. The number of carbonyl (C=O) groups is 1. The lowest BCUT2D eigenvalue weighted by atomic mass is 10.2. The Labute approximate surface area is 156 Å². The summed E-state index contributed by atoms with van der Waals surface area (Å²) in [4.78, 5) is 20.9. The van der Waals surface area contributed by atoms with Crippen LogP contribution in [0.3, 0.4) is 0 Å². The number of fused-ring (bicyclic) bond motifs is 1. The molecule has 0 spiro atoms. The zero-order valence-corrected chi connectivity index (χ0v) is 15.1. The summed E-state index contributed by atoms with van der Waals surface area (Å²) in [5.74, 6) is -0.205. The largest absolute Gasteiger partial charge is 0.301 e. The second-order valence-corrected chi connectivity index (χ2v) is 7.22. The van der Waals surface area contributed by atoms with Crippen LogP contribution in [0.4, 0.5) is 9.52 Å². The number of aromatic nitrogens is 3. The Morgan fingerprint density at radius 1 is 1.23 bits per heavy atom. The maximum atomic E-state index is 13.0. The zero-order valence-electron chi connectivity index (χ0n) is 13.4. The van der Waals surface area contributed by atoms with Crippen molar-refractivity contribution >= 4 is 39.7 Å². The summed E-state index contributed by atoms with van der Waals surface area (Å²) in [6.07, 6.45) is 3.69. The number of amides is 1. The smallest absolute Gasteiger partial charge is 0.236 e. The number of nitrogens with zero attached hydrogens (tertiary/aromatic N) is 3. The van der Waals surface area contributed by atoms with Crippen LogP contribution in [0.5, 0.6) is 0 Å². The third kappa shape index (κ3) is 3.61. The predicted octanol–water partition coefficient (Wildman–Crippen LogP) is 4.33. The molecule has 0 saturated heterocycles. The molecular weight excluding hydrogens is 371 g/mol. The maximum Gasteiger partial charge on any atom is 0.236 e.